The topological polar surface area (TPSA) is 118 Å². The third kappa shape index (κ3) is 7.23. The van der Waals surface area contributed by atoms with Crippen LogP contribution in [0, 0.1) is 17.7 Å². The fourth-order valence-electron chi connectivity index (χ4n) is 4.85. The van der Waals surface area contributed by atoms with Gasteiger partial charge in [-0.1, -0.05) is 12.2 Å². The van der Waals surface area contributed by atoms with E-state index in [9.17, 15) is 22.4 Å². The number of carbonyl (C=O) groups excluding carboxylic acids is 1. The van der Waals surface area contributed by atoms with E-state index in [0.29, 0.717) is 16.7 Å². The predicted molar refractivity (Wildman–Crippen MR) is 157 cm³/mol. The monoisotopic (exact) mass is 607 g/mol. The molecule has 1 fully saturated rings. The van der Waals surface area contributed by atoms with Crippen molar-refractivity contribution in [2.75, 3.05) is 6.54 Å². The number of alkyl halides is 1. The van der Waals surface area contributed by atoms with Gasteiger partial charge in [0.1, 0.15) is 5.82 Å². The van der Waals surface area contributed by atoms with Gasteiger partial charge in [0.2, 0.25) is 17.0 Å². The summed E-state index contributed by atoms with van der Waals surface area (Å²) >= 11 is -2.33. The van der Waals surface area contributed by atoms with E-state index < -0.39 is 50.2 Å². The van der Waals surface area contributed by atoms with Gasteiger partial charge in [-0.05, 0) is 87.4 Å². The largest absolute Gasteiger partial charge is 0.318 e. The van der Waals surface area contributed by atoms with Gasteiger partial charge in [-0.15, -0.1) is 0 Å². The van der Waals surface area contributed by atoms with Crippen LogP contribution in [0.4, 0.5) is 8.78 Å². The van der Waals surface area contributed by atoms with Crippen LogP contribution in [-0.2, 0) is 29.3 Å². The number of aryl methyl sites for hydroxylation is 1. The number of ketones is 1. The van der Waals surface area contributed by atoms with Crippen molar-refractivity contribution in [3.05, 3.63) is 87.6 Å². The molecule has 3 N–H and O–H groups in total. The molecule has 8 nitrogen and oxygen atoms in total. The lowest BCUT2D eigenvalue weighted by atomic mass is 9.75. The maximum atomic E-state index is 16.6. The zero-order chi connectivity index (χ0) is 30.1. The van der Waals surface area contributed by atoms with Crippen LogP contribution in [0.3, 0.4) is 0 Å². The number of benzene rings is 1. The molecule has 2 aliphatic carbocycles. The quantitative estimate of drug-likeness (QED) is 0.260. The summed E-state index contributed by atoms with van der Waals surface area (Å²) in [4.78, 5) is 26.2. The third-order valence-corrected chi connectivity index (χ3v) is 9.38. The summed E-state index contributed by atoms with van der Waals surface area (Å²) in [5.74, 6) is -2.31. The van der Waals surface area contributed by atoms with E-state index in [2.05, 4.69) is 9.44 Å². The van der Waals surface area contributed by atoms with Crippen molar-refractivity contribution in [3.63, 3.8) is 0 Å². The van der Waals surface area contributed by atoms with Crippen molar-refractivity contribution < 1.29 is 26.5 Å². The number of carbonyl (C=O) groups is 1. The van der Waals surface area contributed by atoms with Crippen LogP contribution in [0.1, 0.15) is 67.6 Å². The second kappa shape index (κ2) is 12.3. The van der Waals surface area contributed by atoms with Crippen molar-refractivity contribution in [2.45, 2.75) is 56.5 Å². The summed E-state index contributed by atoms with van der Waals surface area (Å²) in [7, 11) is 0.183. The molecule has 1 aromatic carbocycles. The van der Waals surface area contributed by atoms with Gasteiger partial charge in [-0.2, -0.15) is 0 Å². The van der Waals surface area contributed by atoms with E-state index >= 15 is 4.39 Å². The number of Topliss-reactive ketones (excluding diaryl/α,β-unsaturated/α-hetero) is 1. The van der Waals surface area contributed by atoms with Crippen molar-refractivity contribution in [1.29, 1.82) is 0 Å². The summed E-state index contributed by atoms with van der Waals surface area (Å²) in [6, 6.07) is 5.72. The lowest BCUT2D eigenvalue weighted by molar-refractivity contribution is 0.0687. The smallest absolute Gasteiger partial charge is 0.250 e. The molecule has 1 aromatic heterocycles. The van der Waals surface area contributed by atoms with Gasteiger partial charge in [0.25, 0.3) is 5.56 Å². The molecule has 1 heterocycles. The molecule has 2 aliphatic rings. The highest BCUT2D eigenvalue weighted by molar-refractivity contribution is 7.84. The molecule has 0 amide bonds. The summed E-state index contributed by atoms with van der Waals surface area (Å²) in [5, 5.41) is 0. The highest BCUT2D eigenvalue weighted by atomic mass is 32.2. The normalized spacial score (nSPS) is 23.1. The molecule has 0 radical (unpaired) electrons. The SMILES string of the molecule is Cn1cc(C2=CC(CCNS(=O)O)C(F)(C(=O)c3ccc(F)cc3)C=C2)c([C@@H](N[S@@](=O)C(C)(C)C)C2CC2)cc1=O. The van der Waals surface area contributed by atoms with E-state index in [1.165, 1.54) is 28.8 Å². The first-order chi connectivity index (χ1) is 19.2. The fraction of sp³-hybridized carbons (Fsp3) is 0.448. The van der Waals surface area contributed by atoms with Crippen molar-refractivity contribution >= 4 is 33.6 Å². The van der Waals surface area contributed by atoms with Gasteiger partial charge in [-0.3, -0.25) is 14.1 Å². The second-order valence-electron chi connectivity index (χ2n) is 11.5. The van der Waals surface area contributed by atoms with Crippen LogP contribution in [0.5, 0.6) is 0 Å². The van der Waals surface area contributed by atoms with Crippen LogP contribution in [0.2, 0.25) is 0 Å². The van der Waals surface area contributed by atoms with Gasteiger partial charge < -0.3 is 4.57 Å². The average Bonchev–Trinajstić information content (AvgIpc) is 3.74. The Morgan fingerprint density at radius 3 is 2.46 bits per heavy atom. The lowest BCUT2D eigenvalue weighted by Crippen LogP contribution is -2.42. The number of aromatic nitrogens is 1. The van der Waals surface area contributed by atoms with Gasteiger partial charge in [0.05, 0.1) is 15.7 Å². The van der Waals surface area contributed by atoms with Crippen LogP contribution >= 0.6 is 0 Å². The molecule has 0 aliphatic heterocycles. The van der Waals surface area contributed by atoms with Gasteiger partial charge >= 0.3 is 0 Å². The zero-order valence-electron chi connectivity index (χ0n) is 23.4. The number of pyridine rings is 1. The van der Waals surface area contributed by atoms with E-state index in [4.69, 9.17) is 4.55 Å². The minimum atomic E-state index is -2.51. The van der Waals surface area contributed by atoms with Crippen LogP contribution in [0.15, 0.2) is 59.6 Å². The molecule has 0 saturated heterocycles. The molecule has 3 unspecified atom stereocenters. The second-order valence-corrected chi connectivity index (χ2v) is 14.3. The average molecular weight is 608 g/mol. The molecular weight excluding hydrogens is 572 g/mol. The molecule has 5 atom stereocenters. The first kappa shape index (κ1) is 31.3. The highest BCUT2D eigenvalue weighted by Crippen LogP contribution is 2.45. The number of nitrogens with zero attached hydrogens (tertiary/aromatic N) is 1. The number of nitrogens with one attached hydrogen (secondary N) is 2. The van der Waals surface area contributed by atoms with E-state index in [1.807, 2.05) is 20.8 Å². The van der Waals surface area contributed by atoms with Crippen LogP contribution < -0.4 is 15.0 Å². The van der Waals surface area contributed by atoms with Crippen molar-refractivity contribution in [2.24, 2.45) is 18.9 Å². The van der Waals surface area contributed by atoms with Gasteiger partial charge in [0.15, 0.2) is 5.67 Å². The Labute approximate surface area is 243 Å². The summed E-state index contributed by atoms with van der Waals surface area (Å²) in [5.41, 5.74) is -0.963. The van der Waals surface area contributed by atoms with Crippen LogP contribution in [-0.4, -0.2) is 40.3 Å². The number of hydrogen-bond acceptors (Lipinski definition) is 4. The molecule has 4 rings (SSSR count). The lowest BCUT2D eigenvalue weighted by Gasteiger charge is -2.33. The number of allylic oxidation sites excluding steroid dienone is 4. The highest BCUT2D eigenvalue weighted by Gasteiger charge is 2.45. The molecule has 2 aromatic rings. The molecule has 12 heteroatoms. The first-order valence-corrected chi connectivity index (χ1v) is 15.6. The Morgan fingerprint density at radius 2 is 1.88 bits per heavy atom. The minimum absolute atomic E-state index is 0.00968. The molecule has 41 heavy (non-hydrogen) atoms. The Balaban J connectivity index is 1.78. The Morgan fingerprint density at radius 1 is 1.22 bits per heavy atom. The van der Waals surface area contributed by atoms with Crippen molar-refractivity contribution in [3.8, 4) is 0 Å². The van der Waals surface area contributed by atoms with E-state index in [0.717, 1.165) is 31.1 Å². The summed E-state index contributed by atoms with van der Waals surface area (Å²) in [6.45, 7) is 5.50. The number of halogens is 2. The summed E-state index contributed by atoms with van der Waals surface area (Å²) < 4.78 is 70.0. The number of hydrogen-bond donors (Lipinski definition) is 3. The van der Waals surface area contributed by atoms with Crippen molar-refractivity contribution in [1.82, 2.24) is 14.0 Å². The fourth-order valence-corrected chi connectivity index (χ4v) is 6.04. The summed E-state index contributed by atoms with van der Waals surface area (Å²) in [6.07, 6.45) is 7.68. The Kier molecular flexibility index (Phi) is 9.39. The molecular formula is C29H35F2N3O5S2. The molecule has 0 spiro atoms. The Bertz CT molecular complexity index is 1480. The van der Waals surface area contributed by atoms with Gasteiger partial charge in [0, 0.05) is 48.9 Å². The number of rotatable bonds is 11. The predicted octanol–water partition coefficient (Wildman–Crippen LogP) is 4.30. The standard InChI is InChI=1S/C29H35F2N3O5S2/c1-28(2,3)40(37)33-26(18-5-6-18)23-16-25(35)34(4)17-24(23)20-11-13-29(31,21(15-20)12-14-32-41(38)39)27(36)19-7-9-22(30)10-8-19/h7-11,13,15-18,21,26,32-33H,5-6,12,14H2,1-4H3,(H,38,39)/t21?,26-,29?,40-/m0/s1. The maximum absolute atomic E-state index is 16.6. The molecule has 0 bridgehead atoms. The first-order valence-electron chi connectivity index (χ1n) is 13.3. The van der Waals surface area contributed by atoms with Crippen LogP contribution in [0.25, 0.3) is 5.57 Å². The maximum Gasteiger partial charge on any atom is 0.250 e. The zero-order valence-corrected chi connectivity index (χ0v) is 25.0. The van der Waals surface area contributed by atoms with E-state index in [-0.39, 0.29) is 36.0 Å². The molecule has 222 valence electrons. The minimum Gasteiger partial charge on any atom is -0.318 e. The molecule has 1 saturated carbocycles. The Hall–Kier alpha value is -2.64. The van der Waals surface area contributed by atoms with E-state index in [1.54, 1.807) is 19.3 Å². The third-order valence-electron chi connectivity index (χ3n) is 7.35. The van der Waals surface area contributed by atoms with Gasteiger partial charge in [-0.25, -0.2) is 26.6 Å².